The van der Waals surface area contributed by atoms with Crippen LogP contribution in [0.1, 0.15) is 45.2 Å². The molecule has 1 aliphatic carbocycles. The number of para-hydroxylation sites is 1. The van der Waals surface area contributed by atoms with Gasteiger partial charge >= 0.3 is 0 Å². The van der Waals surface area contributed by atoms with Crippen LogP contribution >= 0.6 is 0 Å². The fourth-order valence-corrected chi connectivity index (χ4v) is 3.79. The third-order valence-electron chi connectivity index (χ3n) is 4.83. The molecule has 0 aliphatic heterocycles. The van der Waals surface area contributed by atoms with Crippen LogP contribution in [0, 0.1) is 11.8 Å². The Morgan fingerprint density at radius 2 is 1.95 bits per heavy atom. The van der Waals surface area contributed by atoms with Gasteiger partial charge in [-0.05, 0) is 42.9 Å². The van der Waals surface area contributed by atoms with Crippen molar-refractivity contribution in [2.24, 2.45) is 11.8 Å². The molecule has 1 heterocycles. The molecule has 3 nitrogen and oxygen atoms in total. The molecule has 2 unspecified atom stereocenters. The van der Waals surface area contributed by atoms with E-state index in [0.717, 1.165) is 30.6 Å². The van der Waals surface area contributed by atoms with E-state index >= 15 is 0 Å². The predicted molar refractivity (Wildman–Crippen MR) is 84.3 cm³/mol. The normalized spacial score (nSPS) is 26.2. The largest absolute Gasteiger partial charge is 0.383 e. The summed E-state index contributed by atoms with van der Waals surface area (Å²) in [5.74, 6) is 0.764. The van der Waals surface area contributed by atoms with Gasteiger partial charge in [-0.2, -0.15) is 5.10 Å². The summed E-state index contributed by atoms with van der Waals surface area (Å²) in [6, 6.07) is 12.1. The molecule has 1 aliphatic rings. The van der Waals surface area contributed by atoms with E-state index in [1.54, 1.807) is 6.20 Å². The van der Waals surface area contributed by atoms with Crippen molar-refractivity contribution in [2.75, 3.05) is 0 Å². The number of aliphatic hydroxyl groups is 1. The zero-order chi connectivity index (χ0) is 14.9. The van der Waals surface area contributed by atoms with E-state index < -0.39 is 5.60 Å². The molecule has 1 aromatic heterocycles. The Kier molecular flexibility index (Phi) is 3.85. The standard InChI is InChI=1S/C18H24N2O/c1-14(2)16-10-6-7-12-18(16,21)17-11-13-19-20(17)15-8-4-3-5-9-15/h3-5,8-9,11,13-14,16,21H,6-7,10,12H2,1-2H3. The van der Waals surface area contributed by atoms with Crippen LogP contribution in [0.25, 0.3) is 5.69 Å². The van der Waals surface area contributed by atoms with Gasteiger partial charge in [-0.25, -0.2) is 4.68 Å². The fraction of sp³-hybridized carbons (Fsp3) is 0.500. The molecular weight excluding hydrogens is 260 g/mol. The molecule has 0 radical (unpaired) electrons. The summed E-state index contributed by atoms with van der Waals surface area (Å²) in [7, 11) is 0. The third-order valence-corrected chi connectivity index (χ3v) is 4.83. The van der Waals surface area contributed by atoms with Gasteiger partial charge in [-0.3, -0.25) is 0 Å². The SMILES string of the molecule is CC(C)C1CCCCC1(O)c1ccnn1-c1ccccc1. The second kappa shape index (κ2) is 5.64. The maximum atomic E-state index is 11.4. The summed E-state index contributed by atoms with van der Waals surface area (Å²) in [6.45, 7) is 4.42. The van der Waals surface area contributed by atoms with E-state index in [9.17, 15) is 5.11 Å². The molecule has 2 atom stereocenters. The van der Waals surface area contributed by atoms with Crippen molar-refractivity contribution in [1.82, 2.24) is 9.78 Å². The van der Waals surface area contributed by atoms with Crippen LogP contribution in [0.15, 0.2) is 42.6 Å². The fourth-order valence-electron chi connectivity index (χ4n) is 3.79. The van der Waals surface area contributed by atoms with Gasteiger partial charge in [0.1, 0.15) is 5.60 Å². The van der Waals surface area contributed by atoms with Crippen molar-refractivity contribution < 1.29 is 5.11 Å². The lowest BCUT2D eigenvalue weighted by atomic mass is 9.68. The van der Waals surface area contributed by atoms with E-state index in [4.69, 9.17) is 0 Å². The van der Waals surface area contributed by atoms with E-state index in [2.05, 4.69) is 18.9 Å². The summed E-state index contributed by atoms with van der Waals surface area (Å²) in [4.78, 5) is 0. The van der Waals surface area contributed by atoms with E-state index in [1.165, 1.54) is 6.42 Å². The molecule has 0 saturated heterocycles. The second-order valence-corrected chi connectivity index (χ2v) is 6.48. The minimum absolute atomic E-state index is 0.297. The lowest BCUT2D eigenvalue weighted by molar-refractivity contribution is -0.0770. The number of benzene rings is 1. The van der Waals surface area contributed by atoms with Crippen LogP contribution in [0.2, 0.25) is 0 Å². The lowest BCUT2D eigenvalue weighted by Crippen LogP contribution is -2.42. The van der Waals surface area contributed by atoms with Crippen LogP contribution < -0.4 is 0 Å². The van der Waals surface area contributed by atoms with Crippen molar-refractivity contribution >= 4 is 0 Å². The molecule has 1 aromatic carbocycles. The first kappa shape index (κ1) is 14.3. The van der Waals surface area contributed by atoms with Crippen LogP contribution in [-0.4, -0.2) is 14.9 Å². The average molecular weight is 284 g/mol. The molecule has 2 aromatic rings. The highest BCUT2D eigenvalue weighted by atomic mass is 16.3. The van der Waals surface area contributed by atoms with Crippen LogP contribution in [0.3, 0.4) is 0 Å². The first-order valence-corrected chi connectivity index (χ1v) is 7.95. The van der Waals surface area contributed by atoms with Crippen LogP contribution in [0.5, 0.6) is 0 Å². The Bertz CT molecular complexity index is 590. The quantitative estimate of drug-likeness (QED) is 0.928. The van der Waals surface area contributed by atoms with E-state index in [0.29, 0.717) is 11.8 Å². The first-order valence-electron chi connectivity index (χ1n) is 7.95. The lowest BCUT2D eigenvalue weighted by Gasteiger charge is -2.42. The summed E-state index contributed by atoms with van der Waals surface area (Å²) in [5.41, 5.74) is 1.18. The average Bonchev–Trinajstić information content (AvgIpc) is 2.98. The summed E-state index contributed by atoms with van der Waals surface area (Å²) in [6.07, 6.45) is 6.01. The third kappa shape index (κ3) is 2.51. The molecule has 1 fully saturated rings. The zero-order valence-corrected chi connectivity index (χ0v) is 12.9. The predicted octanol–water partition coefficient (Wildman–Crippen LogP) is 3.91. The van der Waals surface area contributed by atoms with E-state index in [1.807, 2.05) is 41.1 Å². The Labute approximate surface area is 126 Å². The van der Waals surface area contributed by atoms with Crippen LogP contribution in [-0.2, 0) is 5.60 Å². The summed E-state index contributed by atoms with van der Waals surface area (Å²) < 4.78 is 1.90. The Morgan fingerprint density at radius 1 is 1.19 bits per heavy atom. The topological polar surface area (TPSA) is 38.1 Å². The minimum Gasteiger partial charge on any atom is -0.383 e. The molecule has 0 spiro atoms. The molecule has 112 valence electrons. The maximum Gasteiger partial charge on any atom is 0.110 e. The highest BCUT2D eigenvalue weighted by Crippen LogP contribution is 2.45. The molecule has 1 saturated carbocycles. The highest BCUT2D eigenvalue weighted by molar-refractivity contribution is 5.34. The smallest absolute Gasteiger partial charge is 0.110 e. The minimum atomic E-state index is -0.765. The Morgan fingerprint density at radius 3 is 2.67 bits per heavy atom. The number of rotatable bonds is 3. The summed E-state index contributed by atoms with van der Waals surface area (Å²) >= 11 is 0. The molecule has 0 amide bonds. The number of nitrogens with zero attached hydrogens (tertiary/aromatic N) is 2. The first-order chi connectivity index (χ1) is 10.1. The van der Waals surface area contributed by atoms with Crippen molar-refractivity contribution in [2.45, 2.75) is 45.1 Å². The number of aromatic nitrogens is 2. The number of hydrogen-bond acceptors (Lipinski definition) is 2. The maximum absolute atomic E-state index is 11.4. The van der Waals surface area contributed by atoms with Crippen molar-refractivity contribution in [1.29, 1.82) is 0 Å². The molecule has 21 heavy (non-hydrogen) atoms. The molecule has 1 N–H and O–H groups in total. The van der Waals surface area contributed by atoms with Gasteiger partial charge < -0.3 is 5.11 Å². The zero-order valence-electron chi connectivity index (χ0n) is 12.9. The Balaban J connectivity index is 2.05. The highest BCUT2D eigenvalue weighted by Gasteiger charge is 2.44. The molecule has 3 rings (SSSR count). The van der Waals surface area contributed by atoms with Crippen molar-refractivity contribution in [3.8, 4) is 5.69 Å². The molecule has 3 heteroatoms. The van der Waals surface area contributed by atoms with Gasteiger partial charge in [0.25, 0.3) is 0 Å². The summed E-state index contributed by atoms with van der Waals surface area (Å²) in [5, 5.41) is 15.9. The van der Waals surface area contributed by atoms with Crippen molar-refractivity contribution in [3.05, 3.63) is 48.3 Å². The van der Waals surface area contributed by atoms with Gasteiger partial charge in [0, 0.05) is 6.20 Å². The number of hydrogen-bond donors (Lipinski definition) is 1. The van der Waals surface area contributed by atoms with Crippen molar-refractivity contribution in [3.63, 3.8) is 0 Å². The Hall–Kier alpha value is -1.61. The van der Waals surface area contributed by atoms with Gasteiger partial charge in [0.05, 0.1) is 11.4 Å². The monoisotopic (exact) mass is 284 g/mol. The van der Waals surface area contributed by atoms with Gasteiger partial charge in [0.2, 0.25) is 0 Å². The molecular formula is C18H24N2O. The molecule has 0 bridgehead atoms. The van der Waals surface area contributed by atoms with Gasteiger partial charge in [-0.15, -0.1) is 0 Å². The van der Waals surface area contributed by atoms with Gasteiger partial charge in [0.15, 0.2) is 0 Å². The van der Waals surface area contributed by atoms with Crippen LogP contribution in [0.4, 0.5) is 0 Å². The van der Waals surface area contributed by atoms with E-state index in [-0.39, 0.29) is 0 Å². The second-order valence-electron chi connectivity index (χ2n) is 6.48. The van der Waals surface area contributed by atoms with Gasteiger partial charge in [-0.1, -0.05) is 44.9 Å².